The first-order chi connectivity index (χ1) is 11.2. The molecule has 1 aliphatic rings. The molecule has 3 rings (SSSR count). The topological polar surface area (TPSA) is 38.2 Å². The molecule has 1 fully saturated rings. The molecule has 0 saturated carbocycles. The minimum atomic E-state index is -0.521. The zero-order valence-electron chi connectivity index (χ0n) is 12.8. The number of hydrogen-bond donors (Lipinski definition) is 0. The first-order valence-electron chi connectivity index (χ1n) is 7.75. The Labute approximate surface area is 134 Å². The van der Waals surface area contributed by atoms with Gasteiger partial charge in [0.15, 0.2) is 0 Å². The van der Waals surface area contributed by atoms with Gasteiger partial charge in [-0.15, -0.1) is 0 Å². The number of piperidine rings is 1. The molecule has 0 aliphatic carbocycles. The van der Waals surface area contributed by atoms with Crippen molar-refractivity contribution < 1.29 is 13.5 Å². The number of halogens is 2. The van der Waals surface area contributed by atoms with E-state index in [9.17, 15) is 8.78 Å². The maximum absolute atomic E-state index is 13.2. The zero-order valence-corrected chi connectivity index (χ0v) is 12.8. The number of likely N-dealkylation sites (tertiary alicyclic amines) is 1. The number of hydrogen-bond acceptors (Lipinski definition) is 4. The number of aromatic nitrogens is 2. The molecule has 23 heavy (non-hydrogen) atoms. The minimum Gasteiger partial charge on any atom is -0.476 e. The molecule has 1 aromatic heterocycles. The number of benzene rings is 1. The summed E-state index contributed by atoms with van der Waals surface area (Å²) >= 11 is 0. The highest BCUT2D eigenvalue weighted by Crippen LogP contribution is 2.20. The average Bonchev–Trinajstić information content (AvgIpc) is 2.54. The Bertz CT molecular complexity index is 611. The molecule has 1 aromatic carbocycles. The van der Waals surface area contributed by atoms with Crippen molar-refractivity contribution in [1.82, 2.24) is 14.9 Å². The predicted octanol–water partition coefficient (Wildman–Crippen LogP) is 3.05. The molecule has 0 amide bonds. The lowest BCUT2D eigenvalue weighted by atomic mass is 9.97. The molecule has 4 nitrogen and oxygen atoms in total. The lowest BCUT2D eigenvalue weighted by Gasteiger charge is -2.31. The van der Waals surface area contributed by atoms with Gasteiger partial charge in [-0.1, -0.05) is 0 Å². The van der Waals surface area contributed by atoms with Gasteiger partial charge in [0, 0.05) is 25.0 Å². The van der Waals surface area contributed by atoms with Crippen LogP contribution in [-0.4, -0.2) is 34.6 Å². The molecule has 1 saturated heterocycles. The second-order valence-corrected chi connectivity index (χ2v) is 5.85. The van der Waals surface area contributed by atoms with E-state index in [1.165, 1.54) is 12.1 Å². The fraction of sp³-hybridized carbons (Fsp3) is 0.412. The van der Waals surface area contributed by atoms with Crippen LogP contribution in [0.4, 0.5) is 8.78 Å². The molecule has 1 aliphatic heterocycles. The van der Waals surface area contributed by atoms with Gasteiger partial charge in [0.2, 0.25) is 5.88 Å². The standard InChI is InChI=1S/C17H19F2N3O/c18-15-7-14(8-16(19)9-15)11-22-5-1-13(2-6-22)12-23-17-10-20-3-4-21-17/h3-4,7-10,13H,1-2,5-6,11-12H2. The number of rotatable bonds is 5. The molecule has 0 N–H and O–H groups in total. The van der Waals surface area contributed by atoms with E-state index in [0.717, 1.165) is 32.0 Å². The van der Waals surface area contributed by atoms with Crippen LogP contribution in [0.25, 0.3) is 0 Å². The molecule has 0 bridgehead atoms. The molecule has 2 heterocycles. The number of ether oxygens (including phenoxy) is 1. The van der Waals surface area contributed by atoms with Crippen molar-refractivity contribution in [3.05, 3.63) is 54.0 Å². The van der Waals surface area contributed by atoms with Gasteiger partial charge in [0.1, 0.15) is 11.6 Å². The largest absolute Gasteiger partial charge is 0.476 e. The van der Waals surface area contributed by atoms with Gasteiger partial charge >= 0.3 is 0 Å². The molecule has 0 atom stereocenters. The maximum Gasteiger partial charge on any atom is 0.232 e. The van der Waals surface area contributed by atoms with Crippen LogP contribution in [0.15, 0.2) is 36.8 Å². The Kier molecular flexibility index (Phi) is 5.12. The third-order valence-electron chi connectivity index (χ3n) is 4.04. The van der Waals surface area contributed by atoms with Gasteiger partial charge in [-0.3, -0.25) is 9.88 Å². The third-order valence-corrected chi connectivity index (χ3v) is 4.04. The van der Waals surface area contributed by atoms with Crippen LogP contribution in [0.1, 0.15) is 18.4 Å². The Morgan fingerprint density at radius 3 is 2.48 bits per heavy atom. The lowest BCUT2D eigenvalue weighted by molar-refractivity contribution is 0.134. The number of nitrogens with zero attached hydrogens (tertiary/aromatic N) is 3. The Morgan fingerprint density at radius 2 is 1.83 bits per heavy atom. The molecule has 0 radical (unpaired) electrons. The Hall–Kier alpha value is -2.08. The van der Waals surface area contributed by atoms with Crippen molar-refractivity contribution in [2.75, 3.05) is 19.7 Å². The predicted molar refractivity (Wildman–Crippen MR) is 81.9 cm³/mol. The summed E-state index contributed by atoms with van der Waals surface area (Å²) < 4.78 is 32.1. The molecule has 6 heteroatoms. The van der Waals surface area contributed by atoms with Crippen molar-refractivity contribution in [3.8, 4) is 5.88 Å². The van der Waals surface area contributed by atoms with Crippen molar-refractivity contribution in [2.24, 2.45) is 5.92 Å². The van der Waals surface area contributed by atoms with Gasteiger partial charge in [0.25, 0.3) is 0 Å². The fourth-order valence-electron chi connectivity index (χ4n) is 2.83. The second-order valence-electron chi connectivity index (χ2n) is 5.85. The zero-order chi connectivity index (χ0) is 16.1. The molecule has 0 unspecified atom stereocenters. The van der Waals surface area contributed by atoms with E-state index in [4.69, 9.17) is 4.74 Å². The van der Waals surface area contributed by atoms with Crippen LogP contribution >= 0.6 is 0 Å². The van der Waals surface area contributed by atoms with E-state index in [1.807, 2.05) is 0 Å². The summed E-state index contributed by atoms with van der Waals surface area (Å²) in [6, 6.07) is 3.69. The van der Waals surface area contributed by atoms with E-state index in [1.54, 1.807) is 18.6 Å². The monoisotopic (exact) mass is 319 g/mol. The summed E-state index contributed by atoms with van der Waals surface area (Å²) in [6.45, 7) is 2.99. The van der Waals surface area contributed by atoms with Crippen molar-refractivity contribution in [2.45, 2.75) is 19.4 Å². The summed E-state index contributed by atoms with van der Waals surface area (Å²) in [5.74, 6) is -0.0258. The first-order valence-corrected chi connectivity index (χ1v) is 7.75. The van der Waals surface area contributed by atoms with Gasteiger partial charge in [-0.2, -0.15) is 0 Å². The quantitative estimate of drug-likeness (QED) is 0.849. The summed E-state index contributed by atoms with van der Waals surface area (Å²) in [7, 11) is 0. The van der Waals surface area contributed by atoms with Gasteiger partial charge in [-0.25, -0.2) is 13.8 Å². The maximum atomic E-state index is 13.2. The van der Waals surface area contributed by atoms with E-state index in [0.29, 0.717) is 30.5 Å². The first kappa shape index (κ1) is 15.8. The molecule has 2 aromatic rings. The van der Waals surface area contributed by atoms with E-state index >= 15 is 0 Å². The van der Waals surface area contributed by atoms with Gasteiger partial charge < -0.3 is 4.74 Å². The third kappa shape index (κ3) is 4.69. The normalized spacial score (nSPS) is 16.4. The molecular weight excluding hydrogens is 300 g/mol. The second kappa shape index (κ2) is 7.46. The van der Waals surface area contributed by atoms with Crippen LogP contribution in [0.5, 0.6) is 5.88 Å². The summed E-state index contributed by atoms with van der Waals surface area (Å²) in [6.07, 6.45) is 6.82. The van der Waals surface area contributed by atoms with Gasteiger partial charge in [0.05, 0.1) is 12.8 Å². The van der Waals surface area contributed by atoms with E-state index in [-0.39, 0.29) is 0 Å². The van der Waals surface area contributed by atoms with E-state index in [2.05, 4.69) is 14.9 Å². The van der Waals surface area contributed by atoms with Crippen LogP contribution in [0, 0.1) is 17.6 Å². The van der Waals surface area contributed by atoms with Crippen molar-refractivity contribution in [1.29, 1.82) is 0 Å². The smallest absolute Gasteiger partial charge is 0.232 e. The van der Waals surface area contributed by atoms with Crippen LogP contribution in [0.2, 0.25) is 0 Å². The van der Waals surface area contributed by atoms with Crippen LogP contribution < -0.4 is 4.74 Å². The van der Waals surface area contributed by atoms with E-state index < -0.39 is 11.6 Å². The van der Waals surface area contributed by atoms with Crippen LogP contribution in [-0.2, 0) is 6.54 Å². The fourth-order valence-corrected chi connectivity index (χ4v) is 2.83. The highest BCUT2D eigenvalue weighted by molar-refractivity contribution is 5.17. The molecule has 122 valence electrons. The highest BCUT2D eigenvalue weighted by Gasteiger charge is 2.20. The van der Waals surface area contributed by atoms with Crippen molar-refractivity contribution >= 4 is 0 Å². The lowest BCUT2D eigenvalue weighted by Crippen LogP contribution is -2.35. The highest BCUT2D eigenvalue weighted by atomic mass is 19.1. The average molecular weight is 319 g/mol. The molecular formula is C17H19F2N3O. The van der Waals surface area contributed by atoms with Gasteiger partial charge in [-0.05, 0) is 49.5 Å². The Morgan fingerprint density at radius 1 is 1.09 bits per heavy atom. The molecule has 0 spiro atoms. The Balaban J connectivity index is 1.45. The minimum absolute atomic E-state index is 0.470. The summed E-state index contributed by atoms with van der Waals surface area (Å²) in [4.78, 5) is 10.3. The van der Waals surface area contributed by atoms with Crippen molar-refractivity contribution in [3.63, 3.8) is 0 Å². The summed E-state index contributed by atoms with van der Waals surface area (Å²) in [5.41, 5.74) is 0.678. The SMILES string of the molecule is Fc1cc(F)cc(CN2CCC(COc3cnccn3)CC2)c1. The summed E-state index contributed by atoms with van der Waals surface area (Å²) in [5, 5.41) is 0. The van der Waals surface area contributed by atoms with Crippen LogP contribution in [0.3, 0.4) is 0 Å².